The molecule has 0 aliphatic heterocycles. The number of aromatic amines is 2. The minimum absolute atomic E-state index is 0.0209. The van der Waals surface area contributed by atoms with Crippen LogP contribution >= 0.6 is 15.9 Å². The first-order valence-corrected chi connectivity index (χ1v) is 9.69. The summed E-state index contributed by atoms with van der Waals surface area (Å²) in [7, 11) is 0. The number of anilines is 1. The smallest absolute Gasteiger partial charge is 0.397 e. The Morgan fingerprint density at radius 1 is 1.07 bits per heavy atom. The topological polar surface area (TPSA) is 104 Å². The lowest BCUT2D eigenvalue weighted by atomic mass is 10.0. The van der Waals surface area contributed by atoms with E-state index in [1.165, 1.54) is 0 Å². The third-order valence-corrected chi connectivity index (χ3v) is 4.98. The predicted octanol–water partition coefficient (Wildman–Crippen LogP) is 3.94. The second-order valence-corrected chi connectivity index (χ2v) is 7.23. The molecule has 0 spiro atoms. The van der Waals surface area contributed by atoms with Gasteiger partial charge in [0.05, 0.1) is 17.6 Å². The van der Waals surface area contributed by atoms with Crippen LogP contribution in [0.2, 0.25) is 0 Å². The average molecular weight is 454 g/mol. The molecule has 146 valence electrons. The van der Waals surface area contributed by atoms with E-state index >= 15 is 0 Å². The molecule has 3 N–H and O–H groups in total. The minimum atomic E-state index is -1.05. The Morgan fingerprint density at radius 3 is 2.55 bits per heavy atom. The molecule has 0 aliphatic carbocycles. The van der Waals surface area contributed by atoms with Gasteiger partial charge in [0.1, 0.15) is 5.69 Å². The van der Waals surface area contributed by atoms with Crippen LogP contribution in [0.4, 0.5) is 5.69 Å². The van der Waals surface area contributed by atoms with Gasteiger partial charge in [-0.2, -0.15) is 0 Å². The van der Waals surface area contributed by atoms with Gasteiger partial charge in [-0.15, -0.1) is 0 Å². The summed E-state index contributed by atoms with van der Waals surface area (Å²) in [6, 6.07) is 14.9. The standard InChI is InChI=1S/C21H16BrN3O4/c1-2-29-21(28)20(27)25-18-15(11-6-4-3-5-7-11)17-16(24-19(18)26)13-10-12(22)8-9-14(13)23-17/h3-10,23H,2H2,1H3,(H,24,26)(H,25,27). The number of aromatic nitrogens is 2. The van der Waals surface area contributed by atoms with Gasteiger partial charge in [-0.3, -0.25) is 9.59 Å². The third kappa shape index (κ3) is 3.42. The summed E-state index contributed by atoms with van der Waals surface area (Å²) in [5, 5.41) is 3.25. The maximum Gasteiger partial charge on any atom is 0.397 e. The predicted molar refractivity (Wildman–Crippen MR) is 115 cm³/mol. The zero-order valence-corrected chi connectivity index (χ0v) is 16.9. The SMILES string of the molecule is CCOC(=O)C(=O)Nc1c(-c2ccccc2)c2[nH]c3ccc(Br)cc3c2[nH]c1=O. The molecule has 0 radical (unpaired) electrons. The largest absolute Gasteiger partial charge is 0.459 e. The third-order valence-electron chi connectivity index (χ3n) is 4.49. The fourth-order valence-electron chi connectivity index (χ4n) is 3.27. The molecule has 2 heterocycles. The monoisotopic (exact) mass is 453 g/mol. The Kier molecular flexibility index (Phi) is 4.94. The Bertz CT molecular complexity index is 1310. The molecule has 29 heavy (non-hydrogen) atoms. The molecule has 0 unspecified atom stereocenters. The number of carbonyl (C=O) groups excluding carboxylic acids is 2. The summed E-state index contributed by atoms with van der Waals surface area (Å²) < 4.78 is 5.60. The van der Waals surface area contributed by atoms with Crippen LogP contribution in [0.25, 0.3) is 33.1 Å². The Labute approximate surface area is 173 Å². The van der Waals surface area contributed by atoms with E-state index in [0.29, 0.717) is 22.2 Å². The summed E-state index contributed by atoms with van der Waals surface area (Å²) in [6.45, 7) is 1.66. The first-order chi connectivity index (χ1) is 14.0. The highest BCUT2D eigenvalue weighted by molar-refractivity contribution is 9.10. The number of hydrogen-bond donors (Lipinski definition) is 3. The van der Waals surface area contributed by atoms with Gasteiger partial charge >= 0.3 is 11.9 Å². The number of H-pyrrole nitrogens is 2. The van der Waals surface area contributed by atoms with Crippen molar-refractivity contribution in [2.75, 3.05) is 11.9 Å². The number of esters is 1. The van der Waals surface area contributed by atoms with Crippen LogP contribution in [0, 0.1) is 0 Å². The first kappa shape index (κ1) is 18.9. The molecule has 0 atom stereocenters. The highest BCUT2D eigenvalue weighted by Crippen LogP contribution is 2.36. The van der Waals surface area contributed by atoms with Gasteiger partial charge in [0.15, 0.2) is 0 Å². The number of hydrogen-bond acceptors (Lipinski definition) is 4. The zero-order chi connectivity index (χ0) is 20.5. The van der Waals surface area contributed by atoms with Crippen molar-refractivity contribution >= 4 is 55.4 Å². The number of benzene rings is 2. The highest BCUT2D eigenvalue weighted by atomic mass is 79.9. The van der Waals surface area contributed by atoms with Crippen LogP contribution in [-0.4, -0.2) is 28.5 Å². The second kappa shape index (κ2) is 7.56. The lowest BCUT2D eigenvalue weighted by molar-refractivity contribution is -0.152. The van der Waals surface area contributed by atoms with Crippen molar-refractivity contribution in [3.63, 3.8) is 0 Å². The highest BCUT2D eigenvalue weighted by Gasteiger charge is 2.23. The van der Waals surface area contributed by atoms with Crippen LogP contribution in [0.1, 0.15) is 6.92 Å². The van der Waals surface area contributed by atoms with E-state index in [0.717, 1.165) is 15.4 Å². The van der Waals surface area contributed by atoms with Gasteiger partial charge in [-0.1, -0.05) is 46.3 Å². The van der Waals surface area contributed by atoms with Gasteiger partial charge in [-0.05, 0) is 30.7 Å². The normalized spacial score (nSPS) is 11.0. The fraction of sp³-hybridized carbons (Fsp3) is 0.0952. The molecule has 0 saturated carbocycles. The molecule has 4 rings (SSSR count). The van der Waals surface area contributed by atoms with E-state index in [2.05, 4.69) is 31.2 Å². The number of nitrogens with one attached hydrogen (secondary N) is 3. The van der Waals surface area contributed by atoms with E-state index in [1.807, 2.05) is 48.5 Å². The maximum absolute atomic E-state index is 12.9. The van der Waals surface area contributed by atoms with Crippen molar-refractivity contribution in [1.29, 1.82) is 0 Å². The lowest BCUT2D eigenvalue weighted by Gasteiger charge is -2.11. The van der Waals surface area contributed by atoms with Crippen molar-refractivity contribution in [1.82, 2.24) is 9.97 Å². The fourth-order valence-corrected chi connectivity index (χ4v) is 3.63. The van der Waals surface area contributed by atoms with E-state index in [4.69, 9.17) is 4.74 Å². The molecule has 0 bridgehead atoms. The summed E-state index contributed by atoms with van der Waals surface area (Å²) in [6.07, 6.45) is 0. The van der Waals surface area contributed by atoms with Gasteiger partial charge < -0.3 is 20.0 Å². The Hall–Kier alpha value is -3.39. The quantitative estimate of drug-likeness (QED) is 0.322. The molecule has 4 aromatic rings. The van der Waals surface area contributed by atoms with Crippen molar-refractivity contribution in [3.8, 4) is 11.1 Å². The average Bonchev–Trinajstić information content (AvgIpc) is 3.06. The lowest BCUT2D eigenvalue weighted by Crippen LogP contribution is -2.28. The van der Waals surface area contributed by atoms with Gasteiger partial charge in [0, 0.05) is 20.9 Å². The summed E-state index contributed by atoms with van der Waals surface area (Å²) in [4.78, 5) is 43.1. The molecular formula is C21H16BrN3O4. The molecule has 1 amide bonds. The molecule has 2 aromatic carbocycles. The number of fused-ring (bicyclic) bond motifs is 3. The van der Waals surface area contributed by atoms with Crippen LogP contribution in [0.5, 0.6) is 0 Å². The van der Waals surface area contributed by atoms with E-state index < -0.39 is 17.4 Å². The second-order valence-electron chi connectivity index (χ2n) is 6.31. The van der Waals surface area contributed by atoms with Crippen LogP contribution in [0.3, 0.4) is 0 Å². The van der Waals surface area contributed by atoms with E-state index in [9.17, 15) is 14.4 Å². The zero-order valence-electron chi connectivity index (χ0n) is 15.3. The van der Waals surface area contributed by atoms with E-state index in [1.54, 1.807) is 6.92 Å². The van der Waals surface area contributed by atoms with Gasteiger partial charge in [-0.25, -0.2) is 4.79 Å². The summed E-state index contributed by atoms with van der Waals surface area (Å²) >= 11 is 3.45. The number of ether oxygens (including phenoxy) is 1. The summed E-state index contributed by atoms with van der Waals surface area (Å²) in [5.74, 6) is -2.06. The number of rotatable bonds is 3. The van der Waals surface area contributed by atoms with Crippen molar-refractivity contribution in [2.45, 2.75) is 6.92 Å². The molecule has 0 fully saturated rings. The van der Waals surface area contributed by atoms with Crippen molar-refractivity contribution in [2.24, 2.45) is 0 Å². The Morgan fingerprint density at radius 2 is 1.83 bits per heavy atom. The molecule has 7 nitrogen and oxygen atoms in total. The van der Waals surface area contributed by atoms with Gasteiger partial charge in [0.25, 0.3) is 5.56 Å². The Balaban J connectivity index is 2.01. The van der Waals surface area contributed by atoms with Crippen LogP contribution in [0.15, 0.2) is 57.8 Å². The van der Waals surface area contributed by atoms with Crippen molar-refractivity contribution < 1.29 is 14.3 Å². The van der Waals surface area contributed by atoms with E-state index in [-0.39, 0.29) is 12.3 Å². The van der Waals surface area contributed by atoms with Gasteiger partial charge in [0.2, 0.25) is 0 Å². The number of halogens is 1. The van der Waals surface area contributed by atoms with Crippen LogP contribution < -0.4 is 10.9 Å². The first-order valence-electron chi connectivity index (χ1n) is 8.90. The van der Waals surface area contributed by atoms with Crippen molar-refractivity contribution in [3.05, 3.63) is 63.4 Å². The molecular weight excluding hydrogens is 438 g/mol. The number of carbonyl (C=O) groups is 2. The molecule has 2 aromatic heterocycles. The molecule has 0 aliphatic rings. The minimum Gasteiger partial charge on any atom is -0.459 e. The number of amides is 1. The molecule has 8 heteroatoms. The summed E-state index contributed by atoms with van der Waals surface area (Å²) in [5.41, 5.74) is 2.75. The maximum atomic E-state index is 12.9. The van der Waals surface area contributed by atoms with Crippen LogP contribution in [-0.2, 0) is 14.3 Å². The number of pyridine rings is 1. The molecule has 0 saturated heterocycles.